The Balaban J connectivity index is 0.00000289. The minimum Gasteiger partial charge on any atom is -0.452 e. The van der Waals surface area contributed by atoms with Gasteiger partial charge in [-0.2, -0.15) is 0 Å². The number of hydrogen-bond donors (Lipinski definition) is 1. The van der Waals surface area contributed by atoms with Crippen LogP contribution in [0.1, 0.15) is 32.4 Å². The van der Waals surface area contributed by atoms with Gasteiger partial charge in [0.2, 0.25) is 5.91 Å². The van der Waals surface area contributed by atoms with Crippen LogP contribution in [0.25, 0.3) is 0 Å². The van der Waals surface area contributed by atoms with Crippen LogP contribution in [-0.2, 0) is 11.3 Å². The average molecular weight is 340 g/mol. The molecule has 1 atom stereocenters. The summed E-state index contributed by atoms with van der Waals surface area (Å²) in [6, 6.07) is 3.64. The minimum atomic E-state index is -0.798. The van der Waals surface area contributed by atoms with Gasteiger partial charge in [0.05, 0.1) is 12.1 Å². The fourth-order valence-corrected chi connectivity index (χ4v) is 2.14. The Kier molecular flexibility index (Phi) is 6.96. The molecule has 0 aliphatic carbocycles. The Morgan fingerprint density at radius 1 is 1.56 bits per heavy atom. The fourth-order valence-electron chi connectivity index (χ4n) is 1.80. The number of nitrogens with two attached hydrogens (primary N) is 1. The van der Waals surface area contributed by atoms with Gasteiger partial charge in [-0.1, -0.05) is 13.3 Å². The summed E-state index contributed by atoms with van der Waals surface area (Å²) in [7, 11) is 1.74. The van der Waals surface area contributed by atoms with E-state index < -0.39 is 5.54 Å². The van der Waals surface area contributed by atoms with Gasteiger partial charge in [-0.05, 0) is 41.4 Å². The molecule has 0 aliphatic heterocycles. The largest absolute Gasteiger partial charge is 0.452 e. The molecule has 0 aliphatic rings. The van der Waals surface area contributed by atoms with Gasteiger partial charge < -0.3 is 15.1 Å². The van der Waals surface area contributed by atoms with Crippen LogP contribution in [0.4, 0.5) is 0 Å². The van der Waals surface area contributed by atoms with E-state index in [9.17, 15) is 4.79 Å². The van der Waals surface area contributed by atoms with E-state index in [4.69, 9.17) is 10.2 Å². The molecule has 2 N–H and O–H groups in total. The van der Waals surface area contributed by atoms with Crippen molar-refractivity contribution in [2.24, 2.45) is 5.73 Å². The van der Waals surface area contributed by atoms with E-state index in [-0.39, 0.29) is 18.3 Å². The first-order chi connectivity index (χ1) is 7.86. The van der Waals surface area contributed by atoms with Crippen molar-refractivity contribution >= 4 is 34.2 Å². The van der Waals surface area contributed by atoms with Crippen molar-refractivity contribution in [3.05, 3.63) is 22.6 Å². The lowest BCUT2D eigenvalue weighted by atomic mass is 9.96. The first kappa shape index (κ1) is 17.5. The summed E-state index contributed by atoms with van der Waals surface area (Å²) in [5, 5.41) is 0. The normalized spacial score (nSPS) is 13.6. The highest BCUT2D eigenvalue weighted by atomic mass is 79.9. The number of halogens is 2. The third-order valence-electron chi connectivity index (χ3n) is 2.63. The highest BCUT2D eigenvalue weighted by Crippen LogP contribution is 2.17. The standard InChI is InChI=1S/C12H19BrN2O2.ClH/c1-4-7-12(2,14)11(16)15(3)8-9-5-6-10(13)17-9;/h5-6H,4,7-8,14H2,1-3H3;1H. The van der Waals surface area contributed by atoms with Crippen LogP contribution in [0.3, 0.4) is 0 Å². The molecule has 0 bridgehead atoms. The first-order valence-corrected chi connectivity index (χ1v) is 6.44. The van der Waals surface area contributed by atoms with Gasteiger partial charge in [0.15, 0.2) is 4.67 Å². The van der Waals surface area contributed by atoms with Crippen molar-refractivity contribution in [3.63, 3.8) is 0 Å². The zero-order chi connectivity index (χ0) is 13.1. The number of hydrogen-bond acceptors (Lipinski definition) is 3. The Morgan fingerprint density at radius 2 is 2.17 bits per heavy atom. The summed E-state index contributed by atoms with van der Waals surface area (Å²) < 4.78 is 6.02. The Labute approximate surface area is 122 Å². The average Bonchev–Trinajstić information content (AvgIpc) is 2.62. The maximum atomic E-state index is 12.1. The SMILES string of the molecule is CCCC(C)(N)C(=O)N(C)Cc1ccc(Br)o1.Cl. The molecule has 1 unspecified atom stereocenters. The van der Waals surface area contributed by atoms with E-state index in [0.717, 1.165) is 12.2 Å². The molecule has 0 aromatic carbocycles. The molecule has 0 saturated carbocycles. The van der Waals surface area contributed by atoms with Crippen molar-refractivity contribution in [1.29, 1.82) is 0 Å². The van der Waals surface area contributed by atoms with Crippen molar-refractivity contribution in [1.82, 2.24) is 4.90 Å². The summed E-state index contributed by atoms with van der Waals surface area (Å²) >= 11 is 3.23. The maximum absolute atomic E-state index is 12.1. The summed E-state index contributed by atoms with van der Waals surface area (Å²) in [6.45, 7) is 4.22. The fraction of sp³-hybridized carbons (Fsp3) is 0.583. The number of rotatable bonds is 5. The zero-order valence-corrected chi connectivity index (χ0v) is 13.3. The zero-order valence-electron chi connectivity index (χ0n) is 10.9. The Hall–Kier alpha value is -0.520. The van der Waals surface area contributed by atoms with Crippen LogP contribution in [0.2, 0.25) is 0 Å². The molecule has 4 nitrogen and oxygen atoms in total. The van der Waals surface area contributed by atoms with Crippen LogP contribution in [0, 0.1) is 0 Å². The number of nitrogens with zero attached hydrogens (tertiary/aromatic N) is 1. The molecule has 104 valence electrons. The monoisotopic (exact) mass is 338 g/mol. The van der Waals surface area contributed by atoms with E-state index in [0.29, 0.717) is 17.6 Å². The second kappa shape index (κ2) is 7.16. The molecule has 6 heteroatoms. The van der Waals surface area contributed by atoms with Gasteiger partial charge in [0.1, 0.15) is 5.76 Å². The van der Waals surface area contributed by atoms with Gasteiger partial charge in [-0.15, -0.1) is 12.4 Å². The van der Waals surface area contributed by atoms with E-state index in [1.807, 2.05) is 13.0 Å². The summed E-state index contributed by atoms with van der Waals surface area (Å²) in [5.74, 6) is 0.673. The molecule has 1 amide bonds. The summed E-state index contributed by atoms with van der Waals surface area (Å²) in [6.07, 6.45) is 1.57. The van der Waals surface area contributed by atoms with Gasteiger partial charge in [0.25, 0.3) is 0 Å². The van der Waals surface area contributed by atoms with Crippen molar-refractivity contribution in [2.75, 3.05) is 7.05 Å². The van der Waals surface area contributed by atoms with Crippen LogP contribution in [-0.4, -0.2) is 23.4 Å². The number of furan rings is 1. The predicted molar refractivity (Wildman–Crippen MR) is 77.6 cm³/mol. The Morgan fingerprint density at radius 3 is 2.61 bits per heavy atom. The third-order valence-corrected chi connectivity index (χ3v) is 3.05. The lowest BCUT2D eigenvalue weighted by Gasteiger charge is -2.28. The molecule has 1 heterocycles. The lowest BCUT2D eigenvalue weighted by Crippen LogP contribution is -2.51. The molecule has 1 aromatic rings. The number of carbonyl (C=O) groups is 1. The van der Waals surface area contributed by atoms with Crippen LogP contribution < -0.4 is 5.73 Å². The number of amides is 1. The topological polar surface area (TPSA) is 59.5 Å². The van der Waals surface area contributed by atoms with Crippen molar-refractivity contribution in [2.45, 2.75) is 38.8 Å². The molecule has 1 rings (SSSR count). The van der Waals surface area contributed by atoms with Crippen molar-refractivity contribution < 1.29 is 9.21 Å². The summed E-state index contributed by atoms with van der Waals surface area (Å²) in [4.78, 5) is 13.7. The smallest absolute Gasteiger partial charge is 0.242 e. The van der Waals surface area contributed by atoms with Gasteiger partial charge >= 0.3 is 0 Å². The number of carbonyl (C=O) groups excluding carboxylic acids is 1. The molecular weight excluding hydrogens is 320 g/mol. The predicted octanol–water partition coefficient (Wildman–Crippen LogP) is 2.94. The van der Waals surface area contributed by atoms with E-state index in [2.05, 4.69) is 15.9 Å². The molecule has 0 saturated heterocycles. The number of likely N-dealkylation sites (N-methyl/N-ethyl adjacent to an activating group) is 1. The summed E-state index contributed by atoms with van der Waals surface area (Å²) in [5.41, 5.74) is 5.20. The van der Waals surface area contributed by atoms with Gasteiger partial charge in [-0.25, -0.2) is 0 Å². The Bertz CT molecular complexity index is 393. The maximum Gasteiger partial charge on any atom is 0.242 e. The second-order valence-electron chi connectivity index (χ2n) is 4.53. The van der Waals surface area contributed by atoms with Crippen molar-refractivity contribution in [3.8, 4) is 0 Å². The second-order valence-corrected chi connectivity index (χ2v) is 5.32. The van der Waals surface area contributed by atoms with Crippen LogP contribution >= 0.6 is 28.3 Å². The van der Waals surface area contributed by atoms with E-state index >= 15 is 0 Å². The first-order valence-electron chi connectivity index (χ1n) is 5.65. The molecule has 18 heavy (non-hydrogen) atoms. The molecule has 0 radical (unpaired) electrons. The highest BCUT2D eigenvalue weighted by Gasteiger charge is 2.30. The third kappa shape index (κ3) is 4.63. The van der Waals surface area contributed by atoms with Crippen LogP contribution in [0.5, 0.6) is 0 Å². The van der Waals surface area contributed by atoms with E-state index in [1.54, 1.807) is 24.9 Å². The molecule has 0 fully saturated rings. The van der Waals surface area contributed by atoms with Crippen LogP contribution in [0.15, 0.2) is 21.2 Å². The van der Waals surface area contributed by atoms with Gasteiger partial charge in [-0.3, -0.25) is 4.79 Å². The quantitative estimate of drug-likeness (QED) is 0.897. The molecular formula is C12H20BrClN2O2. The lowest BCUT2D eigenvalue weighted by molar-refractivity contribution is -0.136. The molecule has 1 aromatic heterocycles. The minimum absolute atomic E-state index is 0. The molecule has 0 spiro atoms. The van der Waals surface area contributed by atoms with E-state index in [1.165, 1.54) is 0 Å². The highest BCUT2D eigenvalue weighted by molar-refractivity contribution is 9.10. The van der Waals surface area contributed by atoms with Gasteiger partial charge in [0, 0.05) is 7.05 Å².